The Hall–Kier alpha value is -8.98. The van der Waals surface area contributed by atoms with Crippen LogP contribution in [0.4, 0.5) is 27.6 Å². The number of fused-ring (bicyclic) bond motifs is 2. The molecular weight excluding hydrogens is 1180 g/mol. The van der Waals surface area contributed by atoms with Crippen LogP contribution in [0.15, 0.2) is 147 Å². The van der Waals surface area contributed by atoms with Gasteiger partial charge >= 0.3 is 18.9 Å². The molecule has 16 nitrogen and oxygen atoms in total. The molecule has 7 heterocycles. The number of benzene rings is 4. The van der Waals surface area contributed by atoms with E-state index in [1.165, 1.54) is 49.9 Å². The number of halogens is 5. The number of hydrogen-bond donors (Lipinski definition) is 2. The first-order valence-corrected chi connectivity index (χ1v) is 28.7. The normalized spacial score (nSPS) is 11.8. The molecule has 0 atom stereocenters. The van der Waals surface area contributed by atoms with Crippen LogP contribution in [0.1, 0.15) is 97.6 Å². The van der Waals surface area contributed by atoms with E-state index in [4.69, 9.17) is 21.3 Å². The monoisotopic (exact) mass is 1250 g/mol. The molecule has 0 spiro atoms. The van der Waals surface area contributed by atoms with Crippen molar-refractivity contribution in [3.8, 4) is 34.7 Å². The number of thiol groups is 1. The van der Waals surface area contributed by atoms with Gasteiger partial charge in [-0.15, -0.1) is 0 Å². The number of anilines is 1. The standard InChI is InChI=1S/C32H27F2N5O2.C18H16F2N2O.C13H11FN4O.C4H8O.CH4S.Li.H/c1-32(2,17-35)22-7-4-6-20(14-22)28(40)15-21-9-10-26(33)25(29(21)34)16-27-23(8-5-12-36-27)30-24-11-13-39(19-41-3)31(24)38-18-37-30;1-18(2,10-21)13-5-3-4-11(8-13)15(23)9-12-6-7-14(19)17(22)16(12)20;1-19-8-18-6-4-10-11(16-7-17-13(10)18)9-3-2-5-15-12(9)14;1-2-4-5-3-1;1-2;;/h4-14,18H,15-16,19H2,1-3H3;3-8H,9,22H2,1-2H3;2-7H,8H2,1H3;1-4H2;2H,1H3;;/q;;;;;+1;-1/i;;;;1D;;. The number of Topliss-reactive ketones (excluding diaryl/α,β-unsaturated/α-hetero) is 2. The molecule has 91 heavy (non-hydrogen) atoms. The number of aromatic nitrogens is 8. The number of methoxy groups -OCH3 is 2. The van der Waals surface area contributed by atoms with E-state index in [0.717, 1.165) is 30.1 Å². The molecule has 0 amide bonds. The number of nitrogens with two attached hydrogens (primary N) is 1. The summed E-state index contributed by atoms with van der Waals surface area (Å²) < 4.78 is 96.6. The van der Waals surface area contributed by atoms with Gasteiger partial charge in [-0.25, -0.2) is 42.5 Å². The summed E-state index contributed by atoms with van der Waals surface area (Å²) in [5.74, 6) is -4.48. The molecule has 6 aromatic heterocycles. The molecule has 1 fully saturated rings. The van der Waals surface area contributed by atoms with E-state index in [2.05, 4.69) is 54.7 Å². The second-order valence-corrected chi connectivity index (χ2v) is 21.4. The van der Waals surface area contributed by atoms with Crippen LogP contribution in [0.25, 0.3) is 44.6 Å². The Morgan fingerprint density at radius 3 is 1.60 bits per heavy atom. The Morgan fingerprint density at radius 1 is 0.659 bits per heavy atom. The van der Waals surface area contributed by atoms with Crippen LogP contribution < -0.4 is 24.6 Å². The predicted molar refractivity (Wildman–Crippen MR) is 338 cm³/mol. The molecule has 11 rings (SSSR count). The van der Waals surface area contributed by atoms with Crippen molar-refractivity contribution in [3.63, 3.8) is 0 Å². The summed E-state index contributed by atoms with van der Waals surface area (Å²) in [7, 11) is 3.19. The fourth-order valence-electron chi connectivity index (χ4n) is 9.50. The molecule has 1 aliphatic rings. The van der Waals surface area contributed by atoms with Crippen molar-refractivity contribution in [1.82, 2.24) is 39.0 Å². The van der Waals surface area contributed by atoms with Crippen LogP contribution in [0.5, 0.6) is 0 Å². The largest absolute Gasteiger partial charge is 1.00 e. The summed E-state index contributed by atoms with van der Waals surface area (Å²) in [5, 5.41) is 20.1. The fraction of sp³-hybridized carbons (Fsp3) is 0.265. The maximum Gasteiger partial charge on any atom is 1.00 e. The van der Waals surface area contributed by atoms with Crippen molar-refractivity contribution in [3.05, 3.63) is 220 Å². The summed E-state index contributed by atoms with van der Waals surface area (Å²) in [5.41, 5.74) is 9.13. The second kappa shape index (κ2) is 33.2. The molecule has 2 N–H and O–H groups in total. The number of nitriles is 2. The third-order valence-corrected chi connectivity index (χ3v) is 14.5. The van der Waals surface area contributed by atoms with Crippen LogP contribution in [0.3, 0.4) is 0 Å². The van der Waals surface area contributed by atoms with Gasteiger partial charge < -0.3 is 30.5 Å². The van der Waals surface area contributed by atoms with E-state index in [-0.39, 0.29) is 74.0 Å². The molecule has 23 heteroatoms. The summed E-state index contributed by atoms with van der Waals surface area (Å²) in [6, 6.07) is 33.1. The van der Waals surface area contributed by atoms with Crippen LogP contribution in [-0.4, -0.2) is 84.3 Å². The molecule has 10 aromatic rings. The number of hydrogen-bond acceptors (Lipinski definition) is 15. The number of rotatable bonds is 16. The molecule has 0 radical (unpaired) electrons. The smallest absolute Gasteiger partial charge is 1.00 e. The van der Waals surface area contributed by atoms with Crippen LogP contribution >= 0.6 is 12.6 Å². The Kier molecular flexibility index (Phi) is 25.3. The number of ether oxygens (including phenoxy) is 3. The van der Waals surface area contributed by atoms with Crippen molar-refractivity contribution in [2.45, 2.75) is 84.1 Å². The first-order valence-electron chi connectivity index (χ1n) is 28.8. The molecule has 1 aliphatic heterocycles. The summed E-state index contributed by atoms with van der Waals surface area (Å²) >= 11 is 3.46. The van der Waals surface area contributed by atoms with E-state index in [1.807, 2.05) is 33.7 Å². The average Bonchev–Trinajstić information content (AvgIpc) is 1.75. The zero-order valence-electron chi connectivity index (χ0n) is 53.4. The van der Waals surface area contributed by atoms with Crippen LogP contribution in [0.2, 0.25) is 0 Å². The van der Waals surface area contributed by atoms with Gasteiger partial charge in [0.25, 0.3) is 0 Å². The molecule has 0 unspecified atom stereocenters. The first-order chi connectivity index (χ1) is 43.7. The van der Waals surface area contributed by atoms with Gasteiger partial charge in [0.1, 0.15) is 60.5 Å². The van der Waals surface area contributed by atoms with Crippen LogP contribution in [0, 0.1) is 51.9 Å². The zero-order chi connectivity index (χ0) is 65.8. The first kappa shape index (κ1) is 69.5. The second-order valence-electron chi connectivity index (χ2n) is 21.4. The SMILES string of the molecule is C1CCOC1.CC(C)(C#N)c1cccc(C(=O)Cc2ccc(F)c(N)c2F)c1.COCn1ccc2c(-c3cccnc3Cc3c(F)ccc(CC(=O)c4cccc(C(C)(C)C#N)c4)c3F)ncnc21.COCn1ccc2c(-c3cccnc3F)ncnc21.[2H]CS.[H-].[Li+]. The summed E-state index contributed by atoms with van der Waals surface area (Å²) in [6.07, 6.45) is 11.6. The van der Waals surface area contributed by atoms with Crippen molar-refractivity contribution in [1.29, 1.82) is 10.5 Å². The van der Waals surface area contributed by atoms with Gasteiger partial charge in [-0.1, -0.05) is 48.5 Å². The third kappa shape index (κ3) is 17.5. The molecule has 0 bridgehead atoms. The van der Waals surface area contributed by atoms with E-state index in [1.54, 1.807) is 121 Å². The van der Waals surface area contributed by atoms with Crippen molar-refractivity contribution in [2.75, 3.05) is 39.4 Å². The number of ketones is 2. The summed E-state index contributed by atoms with van der Waals surface area (Å²) in [6.45, 7) is 9.71. The van der Waals surface area contributed by atoms with Gasteiger partial charge in [0.2, 0.25) is 5.95 Å². The molecule has 0 aliphatic carbocycles. The van der Waals surface area contributed by atoms with Crippen molar-refractivity contribution < 1.29 is 67.4 Å². The van der Waals surface area contributed by atoms with Gasteiger partial charge in [-0.05, 0) is 130 Å². The van der Waals surface area contributed by atoms with Crippen LogP contribution in [-0.2, 0) is 57.8 Å². The Labute approximate surface area is 544 Å². The van der Waals surface area contributed by atoms with Gasteiger partial charge in [0.15, 0.2) is 17.4 Å². The quantitative estimate of drug-likeness (QED) is 0.0229. The van der Waals surface area contributed by atoms with Crippen molar-refractivity contribution >= 4 is 51.9 Å². The maximum absolute atomic E-state index is 15.8. The van der Waals surface area contributed by atoms with Gasteiger partial charge in [-0.2, -0.15) is 27.5 Å². The molecule has 4 aromatic carbocycles. The maximum atomic E-state index is 15.8. The van der Waals surface area contributed by atoms with E-state index in [9.17, 15) is 33.3 Å². The van der Waals surface area contributed by atoms with Gasteiger partial charge in [0, 0.05) is 106 Å². The number of nitrogens with zero attached hydrogens (tertiary/aromatic N) is 10. The van der Waals surface area contributed by atoms with E-state index < -0.39 is 45.7 Å². The number of pyridine rings is 2. The topological polar surface area (TPSA) is 223 Å². The van der Waals surface area contributed by atoms with E-state index in [0.29, 0.717) is 75.2 Å². The molecular formula is C68H67F5LiN11O5S. The fourth-order valence-corrected chi connectivity index (χ4v) is 9.50. The zero-order valence-corrected chi connectivity index (χ0v) is 52.2. The van der Waals surface area contributed by atoms with Crippen molar-refractivity contribution in [2.24, 2.45) is 0 Å². The molecule has 1 saturated heterocycles. The minimum Gasteiger partial charge on any atom is -1.00 e. The third-order valence-electron chi connectivity index (χ3n) is 14.5. The Balaban J connectivity index is 0.000000254. The number of carbonyl (C=O) groups excluding carboxylic acids is 2. The van der Waals surface area contributed by atoms with Gasteiger partial charge in [-0.3, -0.25) is 14.6 Å². The Morgan fingerprint density at radius 2 is 1.13 bits per heavy atom. The molecule has 0 saturated carbocycles. The Bertz CT molecular complexity index is 4270. The average molecular weight is 1250 g/mol. The minimum atomic E-state index is -0.910. The molecule has 466 valence electrons. The number of carbonyl (C=O) groups is 2. The van der Waals surface area contributed by atoms with E-state index >= 15 is 8.78 Å². The number of nitrogen functional groups attached to an aromatic ring is 1. The predicted octanol–water partition coefficient (Wildman–Crippen LogP) is 10.7. The summed E-state index contributed by atoms with van der Waals surface area (Å²) in [4.78, 5) is 50.7. The minimum absolute atomic E-state index is 0. The van der Waals surface area contributed by atoms with Gasteiger partial charge in [0.05, 0.1) is 45.6 Å².